The summed E-state index contributed by atoms with van der Waals surface area (Å²) in [5, 5.41) is 8.56. The van der Waals surface area contributed by atoms with E-state index in [0.29, 0.717) is 12.3 Å². The number of hydrogen-bond donors (Lipinski definition) is 2. The van der Waals surface area contributed by atoms with Gasteiger partial charge in [0.1, 0.15) is 6.04 Å². The minimum atomic E-state index is -0.873. The lowest BCUT2D eigenvalue weighted by Gasteiger charge is -2.02. The zero-order chi connectivity index (χ0) is 8.72. The van der Waals surface area contributed by atoms with Crippen molar-refractivity contribution in [3.05, 3.63) is 11.1 Å². The standard InChI is InChI=1S/C9H13NO2/c10-8(9(11)12)4-6-3-7(6)5-1-2-5/h6,8H,1-4,10H2,(H,11,12)/t6?,8-/m0/s1. The number of nitrogens with two attached hydrogens (primary N) is 1. The van der Waals surface area contributed by atoms with E-state index < -0.39 is 12.0 Å². The summed E-state index contributed by atoms with van der Waals surface area (Å²) in [4.78, 5) is 10.4. The van der Waals surface area contributed by atoms with Gasteiger partial charge in [0.25, 0.3) is 0 Å². The van der Waals surface area contributed by atoms with Crippen molar-refractivity contribution >= 4 is 5.97 Å². The van der Waals surface area contributed by atoms with E-state index >= 15 is 0 Å². The molecule has 0 bridgehead atoms. The van der Waals surface area contributed by atoms with Crippen LogP contribution in [0.15, 0.2) is 11.1 Å². The lowest BCUT2D eigenvalue weighted by molar-refractivity contribution is -0.138. The van der Waals surface area contributed by atoms with Crippen LogP contribution in [0.1, 0.15) is 25.7 Å². The van der Waals surface area contributed by atoms with Crippen LogP contribution < -0.4 is 5.73 Å². The van der Waals surface area contributed by atoms with Gasteiger partial charge >= 0.3 is 5.97 Å². The summed E-state index contributed by atoms with van der Waals surface area (Å²) in [7, 11) is 0. The van der Waals surface area contributed by atoms with E-state index in [0.717, 1.165) is 6.42 Å². The smallest absolute Gasteiger partial charge is 0.320 e. The Hall–Kier alpha value is -0.830. The fraction of sp³-hybridized carbons (Fsp3) is 0.667. The molecule has 0 aromatic rings. The summed E-state index contributed by atoms with van der Waals surface area (Å²) in [6.07, 6.45) is 4.23. The molecule has 2 aliphatic carbocycles. The molecular formula is C9H13NO2. The Bertz CT molecular complexity index is 251. The van der Waals surface area contributed by atoms with E-state index in [1.54, 1.807) is 5.57 Å². The average Bonchev–Trinajstić information content (AvgIpc) is 2.79. The Morgan fingerprint density at radius 3 is 2.83 bits per heavy atom. The van der Waals surface area contributed by atoms with Crippen molar-refractivity contribution in [1.82, 2.24) is 0 Å². The highest BCUT2D eigenvalue weighted by Gasteiger charge is 2.37. The van der Waals surface area contributed by atoms with Crippen LogP contribution in [0, 0.1) is 5.92 Å². The predicted octanol–water partition coefficient (Wildman–Crippen LogP) is 0.899. The number of rotatable bonds is 3. The van der Waals surface area contributed by atoms with Gasteiger partial charge in [0.15, 0.2) is 0 Å². The van der Waals surface area contributed by atoms with Crippen LogP contribution in [0.3, 0.4) is 0 Å². The van der Waals surface area contributed by atoms with Crippen molar-refractivity contribution in [1.29, 1.82) is 0 Å². The highest BCUT2D eigenvalue weighted by molar-refractivity contribution is 5.73. The van der Waals surface area contributed by atoms with Crippen molar-refractivity contribution in [3.8, 4) is 0 Å². The lowest BCUT2D eigenvalue weighted by atomic mass is 10.1. The van der Waals surface area contributed by atoms with Gasteiger partial charge in [0.05, 0.1) is 0 Å². The molecule has 2 saturated carbocycles. The average molecular weight is 167 g/mol. The molecule has 0 aromatic carbocycles. The highest BCUT2D eigenvalue weighted by Crippen LogP contribution is 2.50. The second-order valence-corrected chi connectivity index (χ2v) is 3.71. The lowest BCUT2D eigenvalue weighted by Crippen LogP contribution is -2.30. The van der Waals surface area contributed by atoms with Gasteiger partial charge in [-0.3, -0.25) is 4.79 Å². The molecule has 66 valence electrons. The maximum atomic E-state index is 10.4. The third kappa shape index (κ3) is 1.50. The number of aliphatic carboxylic acids is 1. The molecule has 0 aliphatic heterocycles. The Labute approximate surface area is 71.3 Å². The van der Waals surface area contributed by atoms with Gasteiger partial charge < -0.3 is 10.8 Å². The number of allylic oxidation sites excluding steroid dienone is 2. The molecule has 2 aliphatic rings. The third-order valence-corrected chi connectivity index (χ3v) is 2.61. The van der Waals surface area contributed by atoms with Gasteiger partial charge in [-0.1, -0.05) is 11.1 Å². The summed E-state index contributed by atoms with van der Waals surface area (Å²) in [5.74, 6) is -0.365. The molecule has 3 nitrogen and oxygen atoms in total. The first-order valence-corrected chi connectivity index (χ1v) is 4.37. The van der Waals surface area contributed by atoms with Gasteiger partial charge in [0, 0.05) is 0 Å². The van der Waals surface area contributed by atoms with E-state index in [9.17, 15) is 4.79 Å². The molecule has 12 heavy (non-hydrogen) atoms. The molecule has 0 radical (unpaired) electrons. The first kappa shape index (κ1) is 7.80. The molecule has 0 spiro atoms. The first-order chi connectivity index (χ1) is 5.68. The summed E-state index contributed by atoms with van der Waals surface area (Å²) < 4.78 is 0. The molecule has 0 aromatic heterocycles. The molecule has 3 N–H and O–H groups in total. The molecule has 2 fully saturated rings. The number of carboxylic acids is 1. The van der Waals surface area contributed by atoms with Gasteiger partial charge in [-0.2, -0.15) is 0 Å². The van der Waals surface area contributed by atoms with Crippen molar-refractivity contribution in [3.63, 3.8) is 0 Å². The van der Waals surface area contributed by atoms with E-state index in [1.807, 2.05) is 0 Å². The second kappa shape index (κ2) is 2.59. The van der Waals surface area contributed by atoms with E-state index in [1.165, 1.54) is 18.4 Å². The molecular weight excluding hydrogens is 154 g/mol. The summed E-state index contributed by atoms with van der Waals surface area (Å²) in [5.41, 5.74) is 8.49. The van der Waals surface area contributed by atoms with Gasteiger partial charge in [-0.05, 0) is 31.6 Å². The van der Waals surface area contributed by atoms with E-state index in [-0.39, 0.29) is 0 Å². The quantitative estimate of drug-likeness (QED) is 0.614. The minimum absolute atomic E-state index is 0.508. The third-order valence-electron chi connectivity index (χ3n) is 2.61. The monoisotopic (exact) mass is 167 g/mol. The molecule has 2 atom stereocenters. The second-order valence-electron chi connectivity index (χ2n) is 3.71. The zero-order valence-electron chi connectivity index (χ0n) is 6.92. The van der Waals surface area contributed by atoms with Gasteiger partial charge in [-0.25, -0.2) is 0 Å². The van der Waals surface area contributed by atoms with Gasteiger partial charge in [0.2, 0.25) is 0 Å². The molecule has 0 saturated heterocycles. The van der Waals surface area contributed by atoms with E-state index in [4.69, 9.17) is 10.8 Å². The van der Waals surface area contributed by atoms with Crippen molar-refractivity contribution in [2.45, 2.75) is 31.7 Å². The molecule has 0 heterocycles. The number of carbonyl (C=O) groups is 1. The first-order valence-electron chi connectivity index (χ1n) is 4.37. The summed E-state index contributed by atoms with van der Waals surface area (Å²) >= 11 is 0. The fourth-order valence-corrected chi connectivity index (χ4v) is 1.66. The van der Waals surface area contributed by atoms with Crippen LogP contribution in [-0.2, 0) is 4.79 Å². The predicted molar refractivity (Wildman–Crippen MR) is 44.6 cm³/mol. The summed E-state index contributed by atoms with van der Waals surface area (Å²) in [6, 6.07) is -0.660. The maximum absolute atomic E-state index is 10.4. The van der Waals surface area contributed by atoms with Crippen LogP contribution in [-0.4, -0.2) is 17.1 Å². The number of hydrogen-bond acceptors (Lipinski definition) is 2. The Morgan fingerprint density at radius 1 is 1.67 bits per heavy atom. The summed E-state index contributed by atoms with van der Waals surface area (Å²) in [6.45, 7) is 0. The Morgan fingerprint density at radius 2 is 2.33 bits per heavy atom. The minimum Gasteiger partial charge on any atom is -0.480 e. The molecule has 1 unspecified atom stereocenters. The largest absolute Gasteiger partial charge is 0.480 e. The molecule has 2 rings (SSSR count). The Kier molecular flexibility index (Phi) is 1.68. The normalized spacial score (nSPS) is 28.6. The van der Waals surface area contributed by atoms with Crippen LogP contribution in [0.2, 0.25) is 0 Å². The molecule has 3 heteroatoms. The van der Waals surface area contributed by atoms with Crippen LogP contribution >= 0.6 is 0 Å². The van der Waals surface area contributed by atoms with Crippen LogP contribution in [0.4, 0.5) is 0 Å². The van der Waals surface area contributed by atoms with Crippen molar-refractivity contribution < 1.29 is 9.90 Å². The van der Waals surface area contributed by atoms with E-state index in [2.05, 4.69) is 0 Å². The zero-order valence-corrected chi connectivity index (χ0v) is 6.92. The van der Waals surface area contributed by atoms with Gasteiger partial charge in [-0.15, -0.1) is 0 Å². The highest BCUT2D eigenvalue weighted by atomic mass is 16.4. The maximum Gasteiger partial charge on any atom is 0.320 e. The van der Waals surface area contributed by atoms with Crippen LogP contribution in [0.25, 0.3) is 0 Å². The van der Waals surface area contributed by atoms with Crippen molar-refractivity contribution in [2.75, 3.05) is 0 Å². The SMILES string of the molecule is N[C@@H](CC1CC1=C1CC1)C(=O)O. The fourth-order valence-electron chi connectivity index (χ4n) is 1.66. The number of carboxylic acid groups (broad SMARTS) is 1. The van der Waals surface area contributed by atoms with Crippen molar-refractivity contribution in [2.24, 2.45) is 11.7 Å². The topological polar surface area (TPSA) is 63.3 Å². The Balaban J connectivity index is 1.83. The van der Waals surface area contributed by atoms with Crippen LogP contribution in [0.5, 0.6) is 0 Å². The molecule has 0 amide bonds.